The standard InChI is InChI=1S/C23H29N5O2/c24-18-3-1-17(2-4-18)11-12-27-13-15-28(16-14-27)20-7-5-19(6-8-20)25-21-9-10-22(29)26-23(21)30/h1-8,21,25H,9-16,24H2,(H,26,29,30). The fourth-order valence-electron chi connectivity index (χ4n) is 4.00. The maximum Gasteiger partial charge on any atom is 0.249 e. The minimum atomic E-state index is -0.349. The Labute approximate surface area is 177 Å². The summed E-state index contributed by atoms with van der Waals surface area (Å²) in [4.78, 5) is 28.1. The molecule has 2 aromatic rings. The number of nitrogens with two attached hydrogens (primary N) is 1. The van der Waals surface area contributed by atoms with Crippen molar-refractivity contribution in [3.63, 3.8) is 0 Å². The van der Waals surface area contributed by atoms with Crippen LogP contribution in [0.4, 0.5) is 17.1 Å². The first-order chi connectivity index (χ1) is 14.6. The number of imide groups is 1. The quantitative estimate of drug-likeness (QED) is 0.500. The molecule has 2 aliphatic heterocycles. The molecule has 0 bridgehead atoms. The highest BCUT2D eigenvalue weighted by atomic mass is 16.2. The highest BCUT2D eigenvalue weighted by Gasteiger charge is 2.26. The number of hydrogen-bond donors (Lipinski definition) is 3. The van der Waals surface area contributed by atoms with Crippen LogP contribution in [0.15, 0.2) is 48.5 Å². The number of anilines is 3. The molecule has 7 nitrogen and oxygen atoms in total. The van der Waals surface area contributed by atoms with Crippen molar-refractivity contribution in [1.82, 2.24) is 10.2 Å². The normalized spacial score (nSPS) is 20.1. The second-order valence-corrected chi connectivity index (χ2v) is 8.02. The fraction of sp³-hybridized carbons (Fsp3) is 0.391. The molecule has 2 aromatic carbocycles. The predicted octanol–water partition coefficient (Wildman–Crippen LogP) is 1.85. The van der Waals surface area contributed by atoms with Crippen LogP contribution in [0.2, 0.25) is 0 Å². The van der Waals surface area contributed by atoms with Crippen molar-refractivity contribution in [3.05, 3.63) is 54.1 Å². The van der Waals surface area contributed by atoms with Gasteiger partial charge < -0.3 is 16.0 Å². The second kappa shape index (κ2) is 9.17. The molecule has 4 rings (SSSR count). The van der Waals surface area contributed by atoms with Gasteiger partial charge in [0.05, 0.1) is 0 Å². The number of nitrogens with zero attached hydrogens (tertiary/aromatic N) is 2. The van der Waals surface area contributed by atoms with Crippen molar-refractivity contribution in [2.45, 2.75) is 25.3 Å². The van der Waals surface area contributed by atoms with Crippen LogP contribution in [0.25, 0.3) is 0 Å². The summed E-state index contributed by atoms with van der Waals surface area (Å²) in [5.74, 6) is -0.438. The van der Waals surface area contributed by atoms with Gasteiger partial charge >= 0.3 is 0 Å². The number of rotatable bonds is 6. The zero-order chi connectivity index (χ0) is 20.9. The van der Waals surface area contributed by atoms with Gasteiger partial charge in [0.1, 0.15) is 6.04 Å². The number of carbonyl (C=O) groups is 2. The smallest absolute Gasteiger partial charge is 0.249 e. The zero-order valence-corrected chi connectivity index (χ0v) is 17.1. The highest BCUT2D eigenvalue weighted by Crippen LogP contribution is 2.21. The summed E-state index contributed by atoms with van der Waals surface area (Å²) in [6.45, 7) is 5.16. The molecular formula is C23H29N5O2. The van der Waals surface area contributed by atoms with E-state index in [9.17, 15) is 9.59 Å². The van der Waals surface area contributed by atoms with E-state index < -0.39 is 0 Å². The van der Waals surface area contributed by atoms with Crippen molar-refractivity contribution in [2.75, 3.05) is 48.7 Å². The van der Waals surface area contributed by atoms with Crippen LogP contribution < -0.4 is 21.3 Å². The summed E-state index contributed by atoms with van der Waals surface area (Å²) in [5, 5.41) is 5.61. The summed E-state index contributed by atoms with van der Waals surface area (Å²) >= 11 is 0. The van der Waals surface area contributed by atoms with Gasteiger partial charge in [0.15, 0.2) is 0 Å². The number of piperidine rings is 1. The van der Waals surface area contributed by atoms with Crippen LogP contribution >= 0.6 is 0 Å². The lowest BCUT2D eigenvalue weighted by molar-refractivity contribution is -0.133. The van der Waals surface area contributed by atoms with E-state index in [0.717, 1.165) is 50.5 Å². The molecule has 0 radical (unpaired) electrons. The number of carbonyl (C=O) groups excluding carboxylic acids is 2. The predicted molar refractivity (Wildman–Crippen MR) is 119 cm³/mol. The Morgan fingerprint density at radius 3 is 2.33 bits per heavy atom. The SMILES string of the molecule is Nc1ccc(CCN2CCN(c3ccc(NC4CCC(=O)NC4=O)cc3)CC2)cc1. The third kappa shape index (κ3) is 5.10. The molecule has 2 aliphatic rings. The molecule has 0 aromatic heterocycles. The van der Waals surface area contributed by atoms with Crippen LogP contribution in [-0.2, 0) is 16.0 Å². The molecule has 2 saturated heterocycles. The van der Waals surface area contributed by atoms with Crippen LogP contribution in [-0.4, -0.2) is 55.5 Å². The van der Waals surface area contributed by atoms with Gasteiger partial charge in [-0.15, -0.1) is 0 Å². The Kier molecular flexibility index (Phi) is 6.18. The van der Waals surface area contributed by atoms with E-state index in [2.05, 4.69) is 44.7 Å². The van der Waals surface area contributed by atoms with Crippen LogP contribution in [0.3, 0.4) is 0 Å². The highest BCUT2D eigenvalue weighted by molar-refractivity contribution is 6.01. The molecule has 158 valence electrons. The number of amides is 2. The molecule has 0 aliphatic carbocycles. The Morgan fingerprint density at radius 2 is 1.67 bits per heavy atom. The summed E-state index contributed by atoms with van der Waals surface area (Å²) in [6.07, 6.45) is 1.95. The molecule has 1 unspecified atom stereocenters. The first kappa shape index (κ1) is 20.2. The molecule has 7 heteroatoms. The van der Waals surface area contributed by atoms with E-state index in [-0.39, 0.29) is 17.9 Å². The van der Waals surface area contributed by atoms with Gasteiger partial charge in [-0.3, -0.25) is 19.8 Å². The average Bonchev–Trinajstić information content (AvgIpc) is 2.76. The maximum atomic E-state index is 11.9. The molecule has 0 spiro atoms. The van der Waals surface area contributed by atoms with Gasteiger partial charge in [0.2, 0.25) is 11.8 Å². The minimum Gasteiger partial charge on any atom is -0.399 e. The lowest BCUT2D eigenvalue weighted by Gasteiger charge is -2.36. The zero-order valence-electron chi connectivity index (χ0n) is 17.1. The van der Waals surface area contributed by atoms with Crippen molar-refractivity contribution in [2.24, 2.45) is 0 Å². The topological polar surface area (TPSA) is 90.7 Å². The molecule has 1 atom stereocenters. The Bertz CT molecular complexity index is 873. The van der Waals surface area contributed by atoms with Gasteiger partial charge in [-0.25, -0.2) is 0 Å². The number of nitrogens with one attached hydrogen (secondary N) is 2. The molecular weight excluding hydrogens is 378 g/mol. The van der Waals surface area contributed by atoms with E-state index in [1.165, 1.54) is 11.3 Å². The van der Waals surface area contributed by atoms with Gasteiger partial charge in [-0.1, -0.05) is 12.1 Å². The number of hydrogen-bond acceptors (Lipinski definition) is 6. The van der Waals surface area contributed by atoms with Crippen molar-refractivity contribution < 1.29 is 9.59 Å². The van der Waals surface area contributed by atoms with E-state index in [1.807, 2.05) is 24.3 Å². The van der Waals surface area contributed by atoms with E-state index in [1.54, 1.807) is 0 Å². The Balaban J connectivity index is 1.24. The molecule has 2 amide bonds. The molecule has 0 saturated carbocycles. The first-order valence-corrected chi connectivity index (χ1v) is 10.6. The molecule has 4 N–H and O–H groups in total. The Morgan fingerprint density at radius 1 is 0.967 bits per heavy atom. The summed E-state index contributed by atoms with van der Waals surface area (Å²) in [5.41, 5.74) is 9.98. The number of benzene rings is 2. The lowest BCUT2D eigenvalue weighted by atomic mass is 10.1. The third-order valence-corrected chi connectivity index (χ3v) is 5.88. The Hall–Kier alpha value is -3.06. The van der Waals surface area contributed by atoms with E-state index in [4.69, 9.17) is 5.73 Å². The van der Waals surface area contributed by atoms with Crippen molar-refractivity contribution in [1.29, 1.82) is 0 Å². The van der Waals surface area contributed by atoms with Gasteiger partial charge in [0, 0.05) is 56.2 Å². The van der Waals surface area contributed by atoms with Crippen LogP contribution in [0, 0.1) is 0 Å². The number of piperazine rings is 1. The largest absolute Gasteiger partial charge is 0.399 e. The van der Waals surface area contributed by atoms with E-state index in [0.29, 0.717) is 12.8 Å². The summed E-state index contributed by atoms with van der Waals surface area (Å²) in [7, 11) is 0. The summed E-state index contributed by atoms with van der Waals surface area (Å²) in [6, 6.07) is 16.0. The van der Waals surface area contributed by atoms with Crippen molar-refractivity contribution >= 4 is 28.9 Å². The van der Waals surface area contributed by atoms with Gasteiger partial charge in [0.25, 0.3) is 0 Å². The molecule has 30 heavy (non-hydrogen) atoms. The second-order valence-electron chi connectivity index (χ2n) is 8.02. The lowest BCUT2D eigenvalue weighted by Crippen LogP contribution is -2.47. The van der Waals surface area contributed by atoms with Gasteiger partial charge in [-0.2, -0.15) is 0 Å². The molecule has 2 fully saturated rings. The maximum absolute atomic E-state index is 11.9. The minimum absolute atomic E-state index is 0.194. The van der Waals surface area contributed by atoms with Crippen LogP contribution in [0.1, 0.15) is 18.4 Å². The molecule has 2 heterocycles. The fourth-order valence-corrected chi connectivity index (χ4v) is 4.00. The van der Waals surface area contributed by atoms with Crippen molar-refractivity contribution in [3.8, 4) is 0 Å². The average molecular weight is 408 g/mol. The monoisotopic (exact) mass is 407 g/mol. The first-order valence-electron chi connectivity index (χ1n) is 10.6. The van der Waals surface area contributed by atoms with Crippen LogP contribution in [0.5, 0.6) is 0 Å². The number of nitrogen functional groups attached to an aromatic ring is 1. The van der Waals surface area contributed by atoms with E-state index >= 15 is 0 Å². The van der Waals surface area contributed by atoms with Gasteiger partial charge in [-0.05, 0) is 54.8 Å². The summed E-state index contributed by atoms with van der Waals surface area (Å²) < 4.78 is 0. The third-order valence-electron chi connectivity index (χ3n) is 5.88.